The number of hydrogen-bond donors (Lipinski definition) is 0. The fraction of sp³-hybridized carbons (Fsp3) is 0. The lowest BCUT2D eigenvalue weighted by molar-refractivity contribution is 0.669. The van der Waals surface area contributed by atoms with Crippen molar-refractivity contribution in [2.24, 2.45) is 0 Å². The molecule has 0 radical (unpaired) electrons. The summed E-state index contributed by atoms with van der Waals surface area (Å²) in [6.07, 6.45) is 1.98. The van der Waals surface area contributed by atoms with Gasteiger partial charge in [0.1, 0.15) is 11.2 Å². The molecule has 7 aromatic carbocycles. The van der Waals surface area contributed by atoms with Gasteiger partial charge < -0.3 is 4.42 Å². The summed E-state index contributed by atoms with van der Waals surface area (Å²) in [5, 5.41) is 7.71. The predicted octanol–water partition coefficient (Wildman–Crippen LogP) is 11.3. The average Bonchev–Trinajstić information content (AvgIpc) is 3.57. The summed E-state index contributed by atoms with van der Waals surface area (Å²) in [5.41, 5.74) is 7.55. The first-order valence-electron chi connectivity index (χ1n) is 16.3. The second-order valence-corrected chi connectivity index (χ2v) is 12.3. The van der Waals surface area contributed by atoms with Crippen LogP contribution >= 0.6 is 0 Å². The second kappa shape index (κ2) is 10.9. The van der Waals surface area contributed by atoms with E-state index in [1.54, 1.807) is 0 Å². The van der Waals surface area contributed by atoms with Crippen LogP contribution in [0.25, 0.3) is 99.7 Å². The first kappa shape index (κ1) is 27.4. The van der Waals surface area contributed by atoms with Gasteiger partial charge in [0.2, 0.25) is 0 Å². The van der Waals surface area contributed by atoms with Crippen molar-refractivity contribution < 1.29 is 4.42 Å². The Balaban J connectivity index is 1.20. The lowest BCUT2D eigenvalue weighted by Crippen LogP contribution is -2.00. The maximum Gasteiger partial charge on any atom is 0.164 e. The summed E-state index contributed by atoms with van der Waals surface area (Å²) >= 11 is 0. The van der Waals surface area contributed by atoms with Crippen LogP contribution in [0, 0.1) is 0 Å². The minimum absolute atomic E-state index is 0.589. The van der Waals surface area contributed by atoms with E-state index in [1.807, 2.05) is 42.6 Å². The van der Waals surface area contributed by atoms with E-state index in [0.717, 1.165) is 71.4 Å². The molecular formula is C44H26N4O. The number of benzene rings is 7. The van der Waals surface area contributed by atoms with Crippen molar-refractivity contribution in [3.63, 3.8) is 0 Å². The molecule has 0 saturated carbocycles. The van der Waals surface area contributed by atoms with Crippen molar-refractivity contribution in [1.29, 1.82) is 0 Å². The molecule has 49 heavy (non-hydrogen) atoms. The van der Waals surface area contributed by atoms with Gasteiger partial charge >= 0.3 is 0 Å². The third-order valence-electron chi connectivity index (χ3n) is 9.38. The number of pyridine rings is 1. The Hall–Kier alpha value is -6.72. The van der Waals surface area contributed by atoms with E-state index < -0.39 is 0 Å². The van der Waals surface area contributed by atoms with Crippen molar-refractivity contribution in [2.75, 3.05) is 0 Å². The fourth-order valence-corrected chi connectivity index (χ4v) is 6.96. The van der Waals surface area contributed by atoms with Gasteiger partial charge in [0.05, 0.1) is 5.52 Å². The Labute approximate surface area is 281 Å². The van der Waals surface area contributed by atoms with Gasteiger partial charge in [-0.05, 0) is 57.6 Å². The summed E-state index contributed by atoms with van der Waals surface area (Å²) in [7, 11) is 0. The van der Waals surface area contributed by atoms with Gasteiger partial charge in [-0.25, -0.2) is 15.0 Å². The molecule has 0 aliphatic rings. The second-order valence-electron chi connectivity index (χ2n) is 12.3. The van der Waals surface area contributed by atoms with E-state index in [4.69, 9.17) is 24.4 Å². The van der Waals surface area contributed by atoms with Crippen molar-refractivity contribution in [2.45, 2.75) is 0 Å². The van der Waals surface area contributed by atoms with E-state index in [1.165, 1.54) is 10.8 Å². The smallest absolute Gasteiger partial charge is 0.164 e. The number of furan rings is 1. The Bertz CT molecular complexity index is 2880. The number of fused-ring (bicyclic) bond motifs is 8. The summed E-state index contributed by atoms with van der Waals surface area (Å²) in [6.45, 7) is 0. The third-order valence-corrected chi connectivity index (χ3v) is 9.38. The molecule has 0 atom stereocenters. The molecule has 228 valence electrons. The van der Waals surface area contributed by atoms with Gasteiger partial charge in [0.25, 0.3) is 0 Å². The SMILES string of the molecule is c1ccc(-c2ccc(-c3nc(-c4ccc5ncc6c7ccccc7ccc6c5c4)nc(-c4cccc5oc6ccccc6c45)n3)cc2)cc1. The Morgan fingerprint density at radius 1 is 0.388 bits per heavy atom. The van der Waals surface area contributed by atoms with Gasteiger partial charge in [-0.3, -0.25) is 4.98 Å². The molecule has 3 aromatic heterocycles. The van der Waals surface area contributed by atoms with Crippen LogP contribution in [0.15, 0.2) is 162 Å². The summed E-state index contributed by atoms with van der Waals surface area (Å²) in [5.74, 6) is 1.79. The van der Waals surface area contributed by atoms with Gasteiger partial charge in [-0.2, -0.15) is 0 Å². The molecule has 0 spiro atoms. The van der Waals surface area contributed by atoms with Crippen LogP contribution in [0.1, 0.15) is 0 Å². The van der Waals surface area contributed by atoms with E-state index in [9.17, 15) is 0 Å². The highest BCUT2D eigenvalue weighted by atomic mass is 16.3. The molecule has 0 unspecified atom stereocenters. The van der Waals surface area contributed by atoms with Gasteiger partial charge in [-0.1, -0.05) is 121 Å². The Morgan fingerprint density at radius 2 is 1.06 bits per heavy atom. The maximum absolute atomic E-state index is 6.24. The van der Waals surface area contributed by atoms with Gasteiger partial charge in [-0.15, -0.1) is 0 Å². The maximum atomic E-state index is 6.24. The zero-order valence-corrected chi connectivity index (χ0v) is 26.2. The normalized spacial score (nSPS) is 11.7. The Kier molecular flexibility index (Phi) is 6.11. The lowest BCUT2D eigenvalue weighted by atomic mass is 9.99. The lowest BCUT2D eigenvalue weighted by Gasteiger charge is -2.11. The Morgan fingerprint density at radius 3 is 1.94 bits per heavy atom. The molecule has 3 heterocycles. The zero-order valence-electron chi connectivity index (χ0n) is 26.2. The third kappa shape index (κ3) is 4.55. The van der Waals surface area contributed by atoms with E-state index in [2.05, 4.69) is 115 Å². The molecule has 5 heteroatoms. The molecule has 10 rings (SSSR count). The highest BCUT2D eigenvalue weighted by Gasteiger charge is 2.18. The van der Waals surface area contributed by atoms with Crippen LogP contribution < -0.4 is 0 Å². The molecule has 0 fully saturated rings. The van der Waals surface area contributed by atoms with Crippen LogP contribution in [0.4, 0.5) is 0 Å². The van der Waals surface area contributed by atoms with Crippen LogP contribution in [0.2, 0.25) is 0 Å². The van der Waals surface area contributed by atoms with Crippen molar-refractivity contribution in [1.82, 2.24) is 19.9 Å². The molecule has 0 saturated heterocycles. The first-order valence-corrected chi connectivity index (χ1v) is 16.3. The highest BCUT2D eigenvalue weighted by molar-refractivity contribution is 6.16. The van der Waals surface area contributed by atoms with Crippen LogP contribution in [0.5, 0.6) is 0 Å². The van der Waals surface area contributed by atoms with E-state index >= 15 is 0 Å². The van der Waals surface area contributed by atoms with Crippen molar-refractivity contribution >= 4 is 54.4 Å². The predicted molar refractivity (Wildman–Crippen MR) is 199 cm³/mol. The van der Waals surface area contributed by atoms with Gasteiger partial charge in [0.15, 0.2) is 17.5 Å². The van der Waals surface area contributed by atoms with Gasteiger partial charge in [0, 0.05) is 44.4 Å². The van der Waals surface area contributed by atoms with Crippen LogP contribution in [-0.4, -0.2) is 19.9 Å². The largest absolute Gasteiger partial charge is 0.456 e. The molecule has 10 aromatic rings. The quantitative estimate of drug-likeness (QED) is 0.182. The molecule has 0 N–H and O–H groups in total. The van der Waals surface area contributed by atoms with Crippen molar-refractivity contribution in [3.05, 3.63) is 158 Å². The number of rotatable bonds is 4. The van der Waals surface area contributed by atoms with Crippen LogP contribution in [-0.2, 0) is 0 Å². The van der Waals surface area contributed by atoms with E-state index in [0.29, 0.717) is 17.5 Å². The summed E-state index contributed by atoms with van der Waals surface area (Å²) < 4.78 is 6.24. The van der Waals surface area contributed by atoms with Crippen molar-refractivity contribution in [3.8, 4) is 45.3 Å². The number of para-hydroxylation sites is 1. The van der Waals surface area contributed by atoms with Crippen LogP contribution in [0.3, 0.4) is 0 Å². The number of aromatic nitrogens is 4. The molecule has 0 bridgehead atoms. The molecular weight excluding hydrogens is 601 g/mol. The summed E-state index contributed by atoms with van der Waals surface area (Å²) in [4.78, 5) is 20.2. The fourth-order valence-electron chi connectivity index (χ4n) is 6.96. The molecule has 0 amide bonds. The summed E-state index contributed by atoms with van der Waals surface area (Å²) in [6, 6.07) is 52.0. The molecule has 5 nitrogen and oxygen atoms in total. The minimum Gasteiger partial charge on any atom is -0.456 e. The number of hydrogen-bond acceptors (Lipinski definition) is 5. The zero-order chi connectivity index (χ0) is 32.3. The highest BCUT2D eigenvalue weighted by Crippen LogP contribution is 2.37. The first-order chi connectivity index (χ1) is 24.3. The monoisotopic (exact) mass is 626 g/mol. The number of nitrogens with zero attached hydrogens (tertiary/aromatic N) is 4. The standard InChI is InChI=1S/C44H26N4O/c1-2-9-27(10-3-1)28-17-19-30(20-18-28)42-46-43(48-44(47-42)35-14-8-16-40-41(35)34-13-6-7-15-39(34)49-40)31-22-24-38-36(25-31)33-23-21-29-11-4-5-12-32(29)37(33)26-45-38/h1-26H. The molecule has 0 aliphatic carbocycles. The average molecular weight is 627 g/mol. The minimum atomic E-state index is 0.589. The topological polar surface area (TPSA) is 64.7 Å². The molecule has 0 aliphatic heterocycles. The van der Waals surface area contributed by atoms with E-state index in [-0.39, 0.29) is 0 Å².